The summed E-state index contributed by atoms with van der Waals surface area (Å²) in [7, 11) is 0. The third kappa shape index (κ3) is 4.75. The third-order valence-electron chi connectivity index (χ3n) is 4.46. The Bertz CT molecular complexity index is 1170. The Morgan fingerprint density at radius 3 is 2.83 bits per heavy atom. The second-order valence-electron chi connectivity index (χ2n) is 6.80. The van der Waals surface area contributed by atoms with E-state index < -0.39 is 5.91 Å². The number of halogens is 1. The first-order valence-corrected chi connectivity index (χ1v) is 9.43. The van der Waals surface area contributed by atoms with Crippen LogP contribution in [0.3, 0.4) is 0 Å². The Morgan fingerprint density at radius 1 is 1.13 bits per heavy atom. The highest BCUT2D eigenvalue weighted by molar-refractivity contribution is 6.01. The van der Waals surface area contributed by atoms with Gasteiger partial charge in [-0.05, 0) is 48.4 Å². The fourth-order valence-corrected chi connectivity index (χ4v) is 2.96. The van der Waals surface area contributed by atoms with Crippen LogP contribution >= 0.6 is 0 Å². The normalized spacial score (nSPS) is 10.7. The molecular formula is C23H20FN3O3. The number of hydrogen-bond donors (Lipinski definition) is 1. The van der Waals surface area contributed by atoms with Crippen LogP contribution in [0, 0.1) is 12.7 Å². The quantitative estimate of drug-likeness (QED) is 0.479. The maximum atomic E-state index is 13.3. The minimum absolute atomic E-state index is 0.165. The second-order valence-corrected chi connectivity index (χ2v) is 6.80. The number of aromatic nitrogens is 2. The van der Waals surface area contributed by atoms with Crippen molar-refractivity contribution in [3.8, 4) is 5.75 Å². The first-order chi connectivity index (χ1) is 14.6. The number of carbonyl (C=O) groups excluding carboxylic acids is 1. The van der Waals surface area contributed by atoms with Crippen molar-refractivity contribution in [2.45, 2.75) is 20.1 Å². The summed E-state index contributed by atoms with van der Waals surface area (Å²) in [4.78, 5) is 12.4. The SMILES string of the molecule is Cc1ccccc1OCc1ccc(C(=O)Nc2ccn(Cc3cccc(F)c3)n2)o1. The van der Waals surface area contributed by atoms with Gasteiger partial charge in [0.25, 0.3) is 5.91 Å². The Balaban J connectivity index is 1.34. The maximum absolute atomic E-state index is 13.3. The Morgan fingerprint density at radius 2 is 2.00 bits per heavy atom. The Hall–Kier alpha value is -3.87. The molecule has 0 fully saturated rings. The van der Waals surface area contributed by atoms with Gasteiger partial charge in [-0.3, -0.25) is 9.48 Å². The summed E-state index contributed by atoms with van der Waals surface area (Å²) in [5, 5.41) is 6.98. The van der Waals surface area contributed by atoms with Crippen LogP contribution in [0.5, 0.6) is 5.75 Å². The van der Waals surface area contributed by atoms with Crippen molar-refractivity contribution in [2.24, 2.45) is 0 Å². The highest BCUT2D eigenvalue weighted by atomic mass is 19.1. The molecule has 1 amide bonds. The van der Waals surface area contributed by atoms with Crippen molar-refractivity contribution < 1.29 is 18.3 Å². The number of para-hydroxylation sites is 1. The molecule has 152 valence electrons. The fourth-order valence-electron chi connectivity index (χ4n) is 2.96. The van der Waals surface area contributed by atoms with Gasteiger partial charge in [-0.15, -0.1) is 0 Å². The highest BCUT2D eigenvalue weighted by Gasteiger charge is 2.13. The third-order valence-corrected chi connectivity index (χ3v) is 4.46. The predicted octanol–water partition coefficient (Wildman–Crippen LogP) is 4.80. The fraction of sp³-hybridized carbons (Fsp3) is 0.130. The number of rotatable bonds is 7. The van der Waals surface area contributed by atoms with Crippen LogP contribution < -0.4 is 10.1 Å². The first kappa shape index (κ1) is 19.4. The lowest BCUT2D eigenvalue weighted by atomic mass is 10.2. The van der Waals surface area contributed by atoms with Crippen LogP contribution in [0.2, 0.25) is 0 Å². The Labute approximate surface area is 172 Å². The molecule has 2 aromatic heterocycles. The van der Waals surface area contributed by atoms with Crippen molar-refractivity contribution in [3.63, 3.8) is 0 Å². The van der Waals surface area contributed by atoms with Gasteiger partial charge < -0.3 is 14.5 Å². The lowest BCUT2D eigenvalue weighted by molar-refractivity contribution is 0.0992. The zero-order valence-corrected chi connectivity index (χ0v) is 16.3. The molecule has 0 atom stereocenters. The van der Waals surface area contributed by atoms with E-state index in [9.17, 15) is 9.18 Å². The van der Waals surface area contributed by atoms with Crippen LogP contribution in [0.1, 0.15) is 27.4 Å². The van der Waals surface area contributed by atoms with Gasteiger partial charge in [0.15, 0.2) is 11.6 Å². The molecule has 0 saturated heterocycles. The van der Waals surface area contributed by atoms with Gasteiger partial charge in [0.2, 0.25) is 0 Å². The molecular weight excluding hydrogens is 385 g/mol. The largest absolute Gasteiger partial charge is 0.485 e. The summed E-state index contributed by atoms with van der Waals surface area (Å²) in [6.07, 6.45) is 1.71. The van der Waals surface area contributed by atoms with Crippen LogP contribution in [0.25, 0.3) is 0 Å². The molecule has 0 radical (unpaired) electrons. The number of ether oxygens (including phenoxy) is 1. The van der Waals surface area contributed by atoms with Crippen LogP contribution in [0.4, 0.5) is 10.2 Å². The van der Waals surface area contributed by atoms with Gasteiger partial charge in [-0.25, -0.2) is 4.39 Å². The van der Waals surface area contributed by atoms with E-state index in [0.717, 1.165) is 16.9 Å². The smallest absolute Gasteiger partial charge is 0.292 e. The van der Waals surface area contributed by atoms with Crippen LogP contribution in [0.15, 0.2) is 77.3 Å². The summed E-state index contributed by atoms with van der Waals surface area (Å²) in [5.41, 5.74) is 1.80. The summed E-state index contributed by atoms with van der Waals surface area (Å²) in [6, 6.07) is 18.9. The molecule has 6 nitrogen and oxygen atoms in total. The monoisotopic (exact) mass is 405 g/mol. The van der Waals surface area contributed by atoms with Gasteiger partial charge in [0, 0.05) is 12.3 Å². The van der Waals surface area contributed by atoms with E-state index in [1.807, 2.05) is 37.3 Å². The number of anilines is 1. The van der Waals surface area contributed by atoms with E-state index in [2.05, 4.69) is 10.4 Å². The number of furan rings is 1. The van der Waals surface area contributed by atoms with Gasteiger partial charge in [0.05, 0.1) is 6.54 Å². The lowest BCUT2D eigenvalue weighted by Gasteiger charge is -2.06. The van der Waals surface area contributed by atoms with Crippen molar-refractivity contribution in [3.05, 3.63) is 101 Å². The molecule has 0 aliphatic carbocycles. The van der Waals surface area contributed by atoms with Gasteiger partial charge in [-0.2, -0.15) is 5.10 Å². The zero-order chi connectivity index (χ0) is 20.9. The second kappa shape index (κ2) is 8.65. The molecule has 30 heavy (non-hydrogen) atoms. The van der Waals surface area contributed by atoms with E-state index in [-0.39, 0.29) is 18.2 Å². The molecule has 1 N–H and O–H groups in total. The molecule has 4 rings (SSSR count). The number of aryl methyl sites for hydroxylation is 1. The highest BCUT2D eigenvalue weighted by Crippen LogP contribution is 2.19. The maximum Gasteiger partial charge on any atom is 0.292 e. The summed E-state index contributed by atoms with van der Waals surface area (Å²) < 4.78 is 26.2. The average molecular weight is 405 g/mol. The molecule has 0 bridgehead atoms. The molecule has 4 aromatic rings. The van der Waals surface area contributed by atoms with Crippen molar-refractivity contribution >= 4 is 11.7 Å². The number of nitrogens with zero attached hydrogens (tertiary/aromatic N) is 2. The topological polar surface area (TPSA) is 69.3 Å². The van der Waals surface area contributed by atoms with Crippen LogP contribution in [-0.2, 0) is 13.2 Å². The standard InChI is InChI=1S/C23H20FN3O3/c1-16-5-2-3-8-20(16)29-15-19-9-10-21(30-19)23(28)25-22-11-12-27(26-22)14-17-6-4-7-18(24)13-17/h2-13H,14-15H2,1H3,(H,25,26,28). The summed E-state index contributed by atoms with van der Waals surface area (Å²) in [6.45, 7) is 2.58. The van der Waals surface area contributed by atoms with E-state index in [1.165, 1.54) is 12.1 Å². The van der Waals surface area contributed by atoms with E-state index in [4.69, 9.17) is 9.15 Å². The molecule has 0 spiro atoms. The minimum atomic E-state index is -0.409. The van der Waals surface area contributed by atoms with Gasteiger partial charge in [-0.1, -0.05) is 30.3 Å². The molecule has 0 saturated carbocycles. The molecule has 0 aliphatic rings. The number of nitrogens with one attached hydrogen (secondary N) is 1. The minimum Gasteiger partial charge on any atom is -0.485 e. The number of benzene rings is 2. The van der Waals surface area contributed by atoms with Gasteiger partial charge in [0.1, 0.15) is 23.9 Å². The molecule has 2 aromatic carbocycles. The first-order valence-electron chi connectivity index (χ1n) is 9.43. The molecule has 2 heterocycles. The van der Waals surface area contributed by atoms with Crippen LogP contribution in [-0.4, -0.2) is 15.7 Å². The van der Waals surface area contributed by atoms with E-state index >= 15 is 0 Å². The summed E-state index contributed by atoms with van der Waals surface area (Å²) >= 11 is 0. The molecule has 7 heteroatoms. The van der Waals surface area contributed by atoms with Crippen molar-refractivity contribution in [1.82, 2.24) is 9.78 Å². The van der Waals surface area contributed by atoms with Crippen molar-refractivity contribution in [1.29, 1.82) is 0 Å². The molecule has 0 unspecified atom stereocenters. The van der Waals surface area contributed by atoms with E-state index in [0.29, 0.717) is 18.1 Å². The average Bonchev–Trinajstić information content (AvgIpc) is 3.37. The predicted molar refractivity (Wildman–Crippen MR) is 110 cm³/mol. The number of carbonyl (C=O) groups is 1. The van der Waals surface area contributed by atoms with Gasteiger partial charge >= 0.3 is 0 Å². The summed E-state index contributed by atoms with van der Waals surface area (Å²) in [5.74, 6) is 1.15. The lowest BCUT2D eigenvalue weighted by Crippen LogP contribution is -2.12. The van der Waals surface area contributed by atoms with E-state index in [1.54, 1.807) is 35.1 Å². The molecule has 0 aliphatic heterocycles. The number of amides is 1. The zero-order valence-electron chi connectivity index (χ0n) is 16.3. The van der Waals surface area contributed by atoms with Crippen molar-refractivity contribution in [2.75, 3.05) is 5.32 Å². The number of hydrogen-bond acceptors (Lipinski definition) is 4. The Kier molecular flexibility index (Phi) is 5.61.